The van der Waals surface area contributed by atoms with E-state index >= 15 is 0 Å². The second-order valence-electron chi connectivity index (χ2n) is 3.24. The molecule has 2 aromatic rings. The van der Waals surface area contributed by atoms with Crippen molar-refractivity contribution in [2.75, 3.05) is 7.05 Å². The van der Waals surface area contributed by atoms with Crippen molar-refractivity contribution < 1.29 is 9.21 Å². The number of carbonyl (C=O) groups excluding carboxylic acids is 1. The Morgan fingerprint density at radius 3 is 3.13 bits per heavy atom. The quantitative estimate of drug-likeness (QED) is 0.747. The maximum Gasteiger partial charge on any atom is 0.329 e. The fourth-order valence-electron chi connectivity index (χ4n) is 1.29. The Kier molecular flexibility index (Phi) is 2.53. The number of hydrogen-bond donors (Lipinski definition) is 0. The van der Waals surface area contributed by atoms with Gasteiger partial charge in [0.2, 0.25) is 0 Å². The summed E-state index contributed by atoms with van der Waals surface area (Å²) in [4.78, 5) is 17.2. The third-order valence-corrected chi connectivity index (χ3v) is 2.05. The van der Waals surface area contributed by atoms with Crippen LogP contribution in [0.4, 0.5) is 4.79 Å². The molecular formula is C10H11N3O2. The number of amides is 1. The SMILES string of the molecule is CN(Cc1ccoc1)C(=O)n1ccnc1. The van der Waals surface area contributed by atoms with Gasteiger partial charge < -0.3 is 9.32 Å². The first kappa shape index (κ1) is 9.51. The molecule has 0 aliphatic rings. The Balaban J connectivity index is 2.03. The van der Waals surface area contributed by atoms with Gasteiger partial charge in [0.15, 0.2) is 0 Å². The molecule has 0 aromatic carbocycles. The topological polar surface area (TPSA) is 51.3 Å². The second kappa shape index (κ2) is 4.00. The van der Waals surface area contributed by atoms with E-state index in [1.165, 1.54) is 10.9 Å². The van der Waals surface area contributed by atoms with E-state index in [-0.39, 0.29) is 6.03 Å². The Hall–Kier alpha value is -2.04. The molecule has 78 valence electrons. The van der Waals surface area contributed by atoms with Gasteiger partial charge in [-0.2, -0.15) is 0 Å². The van der Waals surface area contributed by atoms with Gasteiger partial charge in [-0.05, 0) is 6.07 Å². The van der Waals surface area contributed by atoms with Gasteiger partial charge in [0, 0.05) is 25.0 Å². The van der Waals surface area contributed by atoms with Gasteiger partial charge in [-0.15, -0.1) is 0 Å². The lowest BCUT2D eigenvalue weighted by molar-refractivity contribution is 0.208. The van der Waals surface area contributed by atoms with Crippen molar-refractivity contribution in [2.24, 2.45) is 0 Å². The van der Waals surface area contributed by atoms with Crippen LogP contribution in [-0.2, 0) is 6.54 Å². The second-order valence-corrected chi connectivity index (χ2v) is 3.24. The van der Waals surface area contributed by atoms with Crippen LogP contribution < -0.4 is 0 Å². The Labute approximate surface area is 86.9 Å². The van der Waals surface area contributed by atoms with Crippen molar-refractivity contribution in [2.45, 2.75) is 6.54 Å². The fourth-order valence-corrected chi connectivity index (χ4v) is 1.29. The number of carbonyl (C=O) groups is 1. The van der Waals surface area contributed by atoms with Gasteiger partial charge in [-0.1, -0.05) is 0 Å². The lowest BCUT2D eigenvalue weighted by atomic mass is 10.3. The highest BCUT2D eigenvalue weighted by molar-refractivity contribution is 5.76. The Bertz CT molecular complexity index is 419. The molecule has 5 heteroatoms. The maximum absolute atomic E-state index is 11.8. The first-order valence-corrected chi connectivity index (χ1v) is 4.52. The summed E-state index contributed by atoms with van der Waals surface area (Å²) in [6.45, 7) is 0.521. The Morgan fingerprint density at radius 2 is 2.53 bits per heavy atom. The van der Waals surface area contributed by atoms with Crippen LogP contribution in [0.15, 0.2) is 41.7 Å². The maximum atomic E-state index is 11.8. The molecule has 0 radical (unpaired) electrons. The normalized spacial score (nSPS) is 10.2. The molecule has 2 heterocycles. The molecule has 2 aromatic heterocycles. The van der Waals surface area contributed by atoms with Crippen LogP contribution in [0.1, 0.15) is 5.56 Å². The standard InChI is InChI=1S/C10H11N3O2/c1-12(6-9-2-5-15-7-9)10(14)13-4-3-11-8-13/h2-5,7-8H,6H2,1H3. The van der Waals surface area contributed by atoms with E-state index in [1.54, 1.807) is 36.9 Å². The minimum atomic E-state index is -0.117. The fraction of sp³-hybridized carbons (Fsp3) is 0.200. The summed E-state index contributed by atoms with van der Waals surface area (Å²) in [6.07, 6.45) is 7.88. The molecule has 0 fully saturated rings. The molecule has 15 heavy (non-hydrogen) atoms. The van der Waals surface area contributed by atoms with E-state index in [2.05, 4.69) is 4.98 Å². The first-order chi connectivity index (χ1) is 7.27. The molecular weight excluding hydrogens is 194 g/mol. The van der Waals surface area contributed by atoms with Crippen molar-refractivity contribution in [1.29, 1.82) is 0 Å². The molecule has 0 saturated heterocycles. The van der Waals surface area contributed by atoms with E-state index in [9.17, 15) is 4.79 Å². The summed E-state index contributed by atoms with van der Waals surface area (Å²) in [6, 6.07) is 1.71. The predicted molar refractivity (Wildman–Crippen MR) is 53.2 cm³/mol. The first-order valence-electron chi connectivity index (χ1n) is 4.52. The lowest BCUT2D eigenvalue weighted by Gasteiger charge is -2.15. The molecule has 1 amide bonds. The summed E-state index contributed by atoms with van der Waals surface area (Å²) in [5, 5.41) is 0. The molecule has 5 nitrogen and oxygen atoms in total. The number of hydrogen-bond acceptors (Lipinski definition) is 3. The zero-order valence-electron chi connectivity index (χ0n) is 8.33. The molecule has 0 aliphatic carbocycles. The number of furan rings is 1. The minimum absolute atomic E-state index is 0.117. The van der Waals surface area contributed by atoms with Gasteiger partial charge in [0.25, 0.3) is 0 Å². The highest BCUT2D eigenvalue weighted by Crippen LogP contribution is 2.05. The van der Waals surface area contributed by atoms with Gasteiger partial charge in [0.05, 0.1) is 19.1 Å². The van der Waals surface area contributed by atoms with E-state index < -0.39 is 0 Å². The van der Waals surface area contributed by atoms with Gasteiger partial charge in [0.1, 0.15) is 6.33 Å². The van der Waals surface area contributed by atoms with Crippen molar-refractivity contribution in [3.05, 3.63) is 42.9 Å². The van der Waals surface area contributed by atoms with Crippen LogP contribution in [-0.4, -0.2) is 27.5 Å². The average molecular weight is 205 g/mol. The zero-order chi connectivity index (χ0) is 10.7. The minimum Gasteiger partial charge on any atom is -0.472 e. The molecule has 0 saturated carbocycles. The molecule has 0 spiro atoms. The highest BCUT2D eigenvalue weighted by Gasteiger charge is 2.10. The average Bonchev–Trinajstić information content (AvgIpc) is 2.88. The van der Waals surface area contributed by atoms with Crippen molar-refractivity contribution in [3.63, 3.8) is 0 Å². The molecule has 0 unspecified atom stereocenters. The van der Waals surface area contributed by atoms with Crippen molar-refractivity contribution in [3.8, 4) is 0 Å². The van der Waals surface area contributed by atoms with E-state index in [1.807, 2.05) is 6.07 Å². The summed E-state index contributed by atoms with van der Waals surface area (Å²) in [7, 11) is 1.73. The lowest BCUT2D eigenvalue weighted by Crippen LogP contribution is -2.29. The molecule has 2 rings (SSSR count). The monoisotopic (exact) mass is 205 g/mol. The highest BCUT2D eigenvalue weighted by atomic mass is 16.3. The van der Waals surface area contributed by atoms with Gasteiger partial charge >= 0.3 is 6.03 Å². The predicted octanol–water partition coefficient (Wildman–Crippen LogP) is 1.58. The van der Waals surface area contributed by atoms with Crippen LogP contribution >= 0.6 is 0 Å². The summed E-state index contributed by atoms with van der Waals surface area (Å²) < 4.78 is 6.36. The van der Waals surface area contributed by atoms with Gasteiger partial charge in [-0.3, -0.25) is 4.57 Å². The van der Waals surface area contributed by atoms with Crippen LogP contribution in [0, 0.1) is 0 Å². The van der Waals surface area contributed by atoms with E-state index in [0.29, 0.717) is 6.54 Å². The number of nitrogens with zero attached hydrogens (tertiary/aromatic N) is 3. The van der Waals surface area contributed by atoms with Crippen LogP contribution in [0.5, 0.6) is 0 Å². The molecule has 0 bridgehead atoms. The third-order valence-electron chi connectivity index (χ3n) is 2.05. The molecule has 0 N–H and O–H groups in total. The number of aromatic nitrogens is 2. The summed E-state index contributed by atoms with van der Waals surface area (Å²) >= 11 is 0. The number of imidazole rings is 1. The largest absolute Gasteiger partial charge is 0.472 e. The van der Waals surface area contributed by atoms with E-state index in [4.69, 9.17) is 4.42 Å². The molecule has 0 atom stereocenters. The summed E-state index contributed by atoms with van der Waals surface area (Å²) in [5.74, 6) is 0. The third kappa shape index (κ3) is 2.07. The Morgan fingerprint density at radius 1 is 1.67 bits per heavy atom. The van der Waals surface area contributed by atoms with Crippen LogP contribution in [0.25, 0.3) is 0 Å². The summed E-state index contributed by atoms with van der Waals surface area (Å²) in [5.41, 5.74) is 0.964. The zero-order valence-corrected chi connectivity index (χ0v) is 8.33. The van der Waals surface area contributed by atoms with Gasteiger partial charge in [-0.25, -0.2) is 9.78 Å². The molecule has 0 aliphatic heterocycles. The van der Waals surface area contributed by atoms with Crippen LogP contribution in [0.3, 0.4) is 0 Å². The van der Waals surface area contributed by atoms with Crippen molar-refractivity contribution >= 4 is 6.03 Å². The number of rotatable bonds is 2. The smallest absolute Gasteiger partial charge is 0.329 e. The van der Waals surface area contributed by atoms with E-state index in [0.717, 1.165) is 5.56 Å². The van der Waals surface area contributed by atoms with Crippen LogP contribution in [0.2, 0.25) is 0 Å². The van der Waals surface area contributed by atoms with Crippen molar-refractivity contribution in [1.82, 2.24) is 14.5 Å².